The summed E-state index contributed by atoms with van der Waals surface area (Å²) in [5.41, 5.74) is 1.58. The first-order valence-electron chi connectivity index (χ1n) is 7.58. The Morgan fingerprint density at radius 1 is 1.17 bits per heavy atom. The third-order valence-corrected chi connectivity index (χ3v) is 3.84. The fraction of sp³-hybridized carbons (Fsp3) is 0.176. The molecule has 0 bridgehead atoms. The topological polar surface area (TPSA) is 85.3 Å². The van der Waals surface area contributed by atoms with Crippen LogP contribution < -0.4 is 5.32 Å². The number of aryl methyl sites for hydroxylation is 1. The summed E-state index contributed by atoms with van der Waals surface area (Å²) in [4.78, 5) is 11.0. The lowest BCUT2D eigenvalue weighted by Gasteiger charge is -2.03. The molecule has 120 valence electrons. The molecule has 0 fully saturated rings. The molecule has 1 N–H and O–H groups in total. The number of fused-ring (bicyclic) bond motifs is 3. The van der Waals surface area contributed by atoms with Crippen molar-refractivity contribution in [3.8, 4) is 11.6 Å². The Morgan fingerprint density at radius 3 is 2.75 bits per heavy atom. The smallest absolute Gasteiger partial charge is 0.220 e. The summed E-state index contributed by atoms with van der Waals surface area (Å²) in [7, 11) is 0. The minimum absolute atomic E-state index is 0.107. The average Bonchev–Trinajstić information content (AvgIpc) is 3.19. The van der Waals surface area contributed by atoms with E-state index < -0.39 is 0 Å². The molecule has 0 aliphatic rings. The lowest BCUT2D eigenvalue weighted by atomic mass is 10.1. The first-order chi connectivity index (χ1) is 11.6. The average molecular weight is 321 g/mol. The van der Waals surface area contributed by atoms with Crippen LogP contribution in [-0.2, 0) is 11.3 Å². The van der Waals surface area contributed by atoms with Gasteiger partial charge in [-0.1, -0.05) is 24.3 Å². The number of aromatic nitrogens is 4. The number of benzene rings is 1. The molecule has 24 heavy (non-hydrogen) atoms. The zero-order valence-electron chi connectivity index (χ0n) is 13.3. The molecule has 0 atom stereocenters. The third-order valence-electron chi connectivity index (χ3n) is 3.84. The Bertz CT molecular complexity index is 1060. The Balaban J connectivity index is 1.82. The van der Waals surface area contributed by atoms with E-state index in [-0.39, 0.29) is 5.91 Å². The van der Waals surface area contributed by atoms with E-state index in [2.05, 4.69) is 20.6 Å². The van der Waals surface area contributed by atoms with Gasteiger partial charge in [0, 0.05) is 17.7 Å². The quantitative estimate of drug-likeness (QED) is 0.626. The molecule has 0 radical (unpaired) electrons. The normalized spacial score (nSPS) is 11.2. The number of amides is 1. The molecule has 3 aromatic heterocycles. The van der Waals surface area contributed by atoms with E-state index in [4.69, 9.17) is 4.42 Å². The van der Waals surface area contributed by atoms with Crippen LogP contribution in [0.3, 0.4) is 0 Å². The molecule has 4 rings (SSSR count). The van der Waals surface area contributed by atoms with Gasteiger partial charge in [0.05, 0.1) is 12.2 Å². The van der Waals surface area contributed by atoms with Gasteiger partial charge in [-0.05, 0) is 19.1 Å². The van der Waals surface area contributed by atoms with Gasteiger partial charge in [-0.15, -0.1) is 10.2 Å². The summed E-state index contributed by atoms with van der Waals surface area (Å²) in [6.07, 6.45) is 0. The fourth-order valence-electron chi connectivity index (χ4n) is 2.70. The molecule has 0 aliphatic carbocycles. The second-order valence-electron chi connectivity index (χ2n) is 5.57. The highest BCUT2D eigenvalue weighted by Crippen LogP contribution is 2.25. The second-order valence-corrected chi connectivity index (χ2v) is 5.57. The molecule has 1 aromatic carbocycles. The molecule has 0 saturated heterocycles. The zero-order valence-corrected chi connectivity index (χ0v) is 13.3. The number of hydrogen-bond donors (Lipinski definition) is 1. The van der Waals surface area contributed by atoms with Crippen LogP contribution in [0.25, 0.3) is 28.0 Å². The molecule has 0 unspecified atom stereocenters. The van der Waals surface area contributed by atoms with Crippen LogP contribution in [0.4, 0.5) is 0 Å². The van der Waals surface area contributed by atoms with Gasteiger partial charge in [-0.2, -0.15) is 9.61 Å². The minimum atomic E-state index is -0.107. The second kappa shape index (κ2) is 5.45. The Kier molecular flexibility index (Phi) is 3.26. The van der Waals surface area contributed by atoms with E-state index in [0.29, 0.717) is 29.5 Å². The molecule has 0 saturated carbocycles. The van der Waals surface area contributed by atoms with Crippen LogP contribution in [0.15, 0.2) is 40.8 Å². The van der Waals surface area contributed by atoms with Crippen molar-refractivity contribution in [1.82, 2.24) is 25.1 Å². The van der Waals surface area contributed by atoms with Crippen molar-refractivity contribution in [2.45, 2.75) is 20.4 Å². The van der Waals surface area contributed by atoms with E-state index in [9.17, 15) is 4.79 Å². The van der Waals surface area contributed by atoms with Crippen LogP contribution in [0.1, 0.15) is 18.4 Å². The summed E-state index contributed by atoms with van der Waals surface area (Å²) >= 11 is 0. The number of hydrogen-bond acceptors (Lipinski definition) is 5. The summed E-state index contributed by atoms with van der Waals surface area (Å²) in [5.74, 6) is 1.64. The largest absolute Gasteiger partial charge is 0.456 e. The summed E-state index contributed by atoms with van der Waals surface area (Å²) in [5, 5.41) is 17.8. The van der Waals surface area contributed by atoms with Crippen molar-refractivity contribution in [2.24, 2.45) is 0 Å². The van der Waals surface area contributed by atoms with E-state index in [1.54, 1.807) is 16.6 Å². The number of nitrogens with zero attached hydrogens (tertiary/aromatic N) is 4. The maximum atomic E-state index is 11.0. The van der Waals surface area contributed by atoms with Crippen LogP contribution in [0.2, 0.25) is 0 Å². The van der Waals surface area contributed by atoms with Gasteiger partial charge in [-0.25, -0.2) is 0 Å². The maximum absolute atomic E-state index is 11.0. The number of furan rings is 1. The molecular weight excluding hydrogens is 306 g/mol. The molecule has 4 aromatic rings. The van der Waals surface area contributed by atoms with Gasteiger partial charge in [0.2, 0.25) is 11.7 Å². The van der Waals surface area contributed by atoms with Crippen LogP contribution in [0.5, 0.6) is 0 Å². The Labute approximate surface area is 137 Å². The first kappa shape index (κ1) is 14.4. The van der Waals surface area contributed by atoms with E-state index in [1.165, 1.54) is 6.92 Å². The Morgan fingerprint density at radius 2 is 1.96 bits per heavy atom. The molecule has 0 spiro atoms. The van der Waals surface area contributed by atoms with Crippen molar-refractivity contribution in [2.75, 3.05) is 0 Å². The van der Waals surface area contributed by atoms with Crippen LogP contribution >= 0.6 is 0 Å². The molecule has 7 heteroatoms. The summed E-state index contributed by atoms with van der Waals surface area (Å²) in [6, 6.07) is 11.6. The van der Waals surface area contributed by atoms with Crippen molar-refractivity contribution < 1.29 is 9.21 Å². The minimum Gasteiger partial charge on any atom is -0.456 e. The Hall–Kier alpha value is -3.22. The fourth-order valence-corrected chi connectivity index (χ4v) is 2.70. The zero-order chi connectivity index (χ0) is 16.7. The van der Waals surface area contributed by atoms with Gasteiger partial charge in [-0.3, -0.25) is 4.79 Å². The van der Waals surface area contributed by atoms with Gasteiger partial charge < -0.3 is 9.73 Å². The predicted octanol–water partition coefficient (Wildman–Crippen LogP) is 2.48. The van der Waals surface area contributed by atoms with E-state index >= 15 is 0 Å². The third kappa shape index (κ3) is 2.30. The van der Waals surface area contributed by atoms with Crippen molar-refractivity contribution in [3.05, 3.63) is 47.9 Å². The van der Waals surface area contributed by atoms with Crippen molar-refractivity contribution in [3.63, 3.8) is 0 Å². The molecule has 3 heterocycles. The van der Waals surface area contributed by atoms with Gasteiger partial charge in [0.15, 0.2) is 11.4 Å². The lowest BCUT2D eigenvalue weighted by Crippen LogP contribution is -2.18. The maximum Gasteiger partial charge on any atom is 0.220 e. The molecule has 7 nitrogen and oxygen atoms in total. The SMILES string of the molecule is CC(=O)NCc1ccc(-c2nnc3c4ccccc4c(C)nn23)o1. The highest BCUT2D eigenvalue weighted by atomic mass is 16.3. The summed E-state index contributed by atoms with van der Waals surface area (Å²) < 4.78 is 7.45. The van der Waals surface area contributed by atoms with Gasteiger partial charge in [0.1, 0.15) is 5.76 Å². The highest BCUT2D eigenvalue weighted by molar-refractivity contribution is 5.95. The monoisotopic (exact) mass is 321 g/mol. The first-order valence-corrected chi connectivity index (χ1v) is 7.58. The van der Waals surface area contributed by atoms with Crippen molar-refractivity contribution in [1.29, 1.82) is 0 Å². The molecular formula is C17H15N5O2. The van der Waals surface area contributed by atoms with Crippen LogP contribution in [0, 0.1) is 6.92 Å². The number of carbonyl (C=O) groups is 1. The van der Waals surface area contributed by atoms with Crippen LogP contribution in [-0.4, -0.2) is 25.7 Å². The van der Waals surface area contributed by atoms with E-state index in [1.807, 2.05) is 31.2 Å². The van der Waals surface area contributed by atoms with E-state index in [0.717, 1.165) is 16.5 Å². The molecule has 1 amide bonds. The molecule has 0 aliphatic heterocycles. The predicted molar refractivity (Wildman–Crippen MR) is 88.2 cm³/mol. The highest BCUT2D eigenvalue weighted by Gasteiger charge is 2.16. The number of carbonyl (C=O) groups excluding carboxylic acids is 1. The lowest BCUT2D eigenvalue weighted by molar-refractivity contribution is -0.119. The number of nitrogens with one attached hydrogen (secondary N) is 1. The number of rotatable bonds is 3. The van der Waals surface area contributed by atoms with Gasteiger partial charge >= 0.3 is 0 Å². The standard InChI is InChI=1S/C17H15N5O2/c1-10-13-5-3-4-6-14(13)16-19-20-17(22(16)21-10)15-8-7-12(24-15)9-18-11(2)23/h3-8H,9H2,1-2H3,(H,18,23). The van der Waals surface area contributed by atoms with Gasteiger partial charge in [0.25, 0.3) is 0 Å². The van der Waals surface area contributed by atoms with Crippen molar-refractivity contribution >= 4 is 22.3 Å². The summed E-state index contributed by atoms with van der Waals surface area (Å²) in [6.45, 7) is 3.76.